The third-order valence-electron chi connectivity index (χ3n) is 3.04. The minimum Gasteiger partial charge on any atom is -0.391 e. The number of likely N-dealkylation sites (tertiary alicyclic amines) is 1. The first-order chi connectivity index (χ1) is 7.58. The number of hydrogen-bond acceptors (Lipinski definition) is 4. The minimum atomic E-state index is -0.443. The Balaban J connectivity index is 2.06. The number of carbonyl (C=O) groups excluding carboxylic acids is 1. The number of amides is 1. The Morgan fingerprint density at radius 1 is 1.69 bits per heavy atom. The first kappa shape index (κ1) is 11.1. The van der Waals surface area contributed by atoms with Gasteiger partial charge < -0.3 is 14.5 Å². The zero-order valence-electron chi connectivity index (χ0n) is 9.51. The number of carbonyl (C=O) groups is 1. The molecule has 0 bridgehead atoms. The molecule has 0 radical (unpaired) electrons. The molecule has 2 heterocycles. The van der Waals surface area contributed by atoms with Crippen molar-refractivity contribution >= 4 is 5.91 Å². The number of aromatic nitrogens is 1. The molecule has 0 aromatic carbocycles. The van der Waals surface area contributed by atoms with Crippen LogP contribution in [0.25, 0.3) is 0 Å². The number of aliphatic hydroxyl groups is 1. The maximum absolute atomic E-state index is 11.9. The summed E-state index contributed by atoms with van der Waals surface area (Å²) in [6, 6.07) is 1.62. The fourth-order valence-corrected chi connectivity index (χ4v) is 1.85. The summed E-state index contributed by atoms with van der Waals surface area (Å²) in [5, 5.41) is 13.4. The Hall–Kier alpha value is -1.36. The lowest BCUT2D eigenvalue weighted by Gasteiger charge is -2.33. The molecule has 2 unspecified atom stereocenters. The molecule has 1 N–H and O–H groups in total. The number of aliphatic hydroxyl groups excluding tert-OH is 1. The fourth-order valence-electron chi connectivity index (χ4n) is 1.85. The lowest BCUT2D eigenvalue weighted by Crippen LogP contribution is -2.45. The van der Waals surface area contributed by atoms with Gasteiger partial charge in [-0.15, -0.1) is 0 Å². The summed E-state index contributed by atoms with van der Waals surface area (Å²) in [5.41, 5.74) is 0.689. The van der Waals surface area contributed by atoms with E-state index < -0.39 is 6.10 Å². The summed E-state index contributed by atoms with van der Waals surface area (Å²) >= 11 is 0. The van der Waals surface area contributed by atoms with Crippen molar-refractivity contribution in [2.75, 3.05) is 13.1 Å². The number of rotatable bonds is 1. The van der Waals surface area contributed by atoms with Crippen molar-refractivity contribution in [3.05, 3.63) is 17.5 Å². The summed E-state index contributed by atoms with van der Waals surface area (Å²) in [5.74, 6) is 0.311. The quantitative estimate of drug-likeness (QED) is 0.767. The Labute approximate surface area is 94.0 Å². The van der Waals surface area contributed by atoms with Crippen LogP contribution in [-0.4, -0.2) is 40.3 Å². The van der Waals surface area contributed by atoms with E-state index in [0.29, 0.717) is 18.8 Å². The summed E-state index contributed by atoms with van der Waals surface area (Å²) in [7, 11) is 0. The molecule has 1 fully saturated rings. The zero-order chi connectivity index (χ0) is 11.7. The van der Waals surface area contributed by atoms with Gasteiger partial charge in [-0.05, 0) is 19.3 Å². The van der Waals surface area contributed by atoms with E-state index in [1.807, 2.05) is 6.92 Å². The summed E-state index contributed by atoms with van der Waals surface area (Å²) in [6.07, 6.45) is 0.377. The number of hydrogen-bond donors (Lipinski definition) is 1. The zero-order valence-corrected chi connectivity index (χ0v) is 9.51. The van der Waals surface area contributed by atoms with Crippen molar-refractivity contribution in [1.29, 1.82) is 0 Å². The highest BCUT2D eigenvalue weighted by Gasteiger charge is 2.29. The smallest absolute Gasteiger partial charge is 0.292 e. The Morgan fingerprint density at radius 2 is 2.44 bits per heavy atom. The van der Waals surface area contributed by atoms with E-state index in [4.69, 9.17) is 4.52 Å². The van der Waals surface area contributed by atoms with Gasteiger partial charge in [0.05, 0.1) is 11.8 Å². The second kappa shape index (κ2) is 4.25. The largest absolute Gasteiger partial charge is 0.391 e. The van der Waals surface area contributed by atoms with E-state index in [2.05, 4.69) is 5.16 Å². The highest BCUT2D eigenvalue weighted by atomic mass is 16.5. The molecular weight excluding hydrogens is 208 g/mol. The van der Waals surface area contributed by atoms with Gasteiger partial charge in [0.15, 0.2) is 0 Å². The van der Waals surface area contributed by atoms with Gasteiger partial charge in [-0.2, -0.15) is 0 Å². The first-order valence-corrected chi connectivity index (χ1v) is 5.48. The molecule has 1 aliphatic rings. The van der Waals surface area contributed by atoms with Crippen LogP contribution < -0.4 is 0 Å². The Kier molecular flexibility index (Phi) is 2.96. The van der Waals surface area contributed by atoms with Crippen molar-refractivity contribution in [1.82, 2.24) is 10.1 Å². The number of piperidine rings is 1. The van der Waals surface area contributed by atoms with Gasteiger partial charge in [-0.1, -0.05) is 12.1 Å². The van der Waals surface area contributed by atoms with Crippen LogP contribution in [0.4, 0.5) is 0 Å². The van der Waals surface area contributed by atoms with Crippen LogP contribution in [0.15, 0.2) is 10.6 Å². The molecule has 0 saturated carbocycles. The van der Waals surface area contributed by atoms with Crippen molar-refractivity contribution in [2.24, 2.45) is 5.92 Å². The summed E-state index contributed by atoms with van der Waals surface area (Å²) < 4.78 is 4.92. The molecule has 0 aliphatic carbocycles. The molecule has 1 aliphatic heterocycles. The van der Waals surface area contributed by atoms with E-state index in [-0.39, 0.29) is 17.6 Å². The van der Waals surface area contributed by atoms with Crippen LogP contribution in [-0.2, 0) is 0 Å². The monoisotopic (exact) mass is 224 g/mol. The molecule has 2 atom stereocenters. The van der Waals surface area contributed by atoms with Crippen LogP contribution in [0.1, 0.15) is 29.6 Å². The average molecular weight is 224 g/mol. The van der Waals surface area contributed by atoms with E-state index >= 15 is 0 Å². The third-order valence-corrected chi connectivity index (χ3v) is 3.04. The van der Waals surface area contributed by atoms with Crippen molar-refractivity contribution in [2.45, 2.75) is 26.4 Å². The fraction of sp³-hybridized carbons (Fsp3) is 0.636. The third kappa shape index (κ3) is 2.09. The van der Waals surface area contributed by atoms with Crippen LogP contribution in [0, 0.1) is 12.8 Å². The van der Waals surface area contributed by atoms with Gasteiger partial charge in [-0.3, -0.25) is 4.79 Å². The van der Waals surface area contributed by atoms with Gasteiger partial charge in [0.1, 0.15) is 0 Å². The second-order valence-electron chi connectivity index (χ2n) is 4.42. The van der Waals surface area contributed by atoms with Gasteiger partial charge in [0.2, 0.25) is 5.76 Å². The molecule has 88 valence electrons. The van der Waals surface area contributed by atoms with Gasteiger partial charge in [0.25, 0.3) is 5.91 Å². The molecule has 1 aromatic rings. The summed E-state index contributed by atoms with van der Waals surface area (Å²) in [4.78, 5) is 13.6. The Morgan fingerprint density at radius 3 is 3.00 bits per heavy atom. The average Bonchev–Trinajstić information content (AvgIpc) is 2.68. The van der Waals surface area contributed by atoms with Crippen LogP contribution in [0.3, 0.4) is 0 Å². The SMILES string of the molecule is Cc1cc(C(=O)N2CCC(C)C(O)C2)on1. The molecule has 2 rings (SSSR count). The lowest BCUT2D eigenvalue weighted by molar-refractivity contribution is 0.0226. The van der Waals surface area contributed by atoms with Crippen molar-refractivity contribution in [3.8, 4) is 0 Å². The Bertz CT molecular complexity index is 388. The number of β-amino-alcohol motifs (C(OH)–C–C–N with tert-alkyl or cyclic N) is 1. The number of nitrogens with zero attached hydrogens (tertiary/aromatic N) is 2. The maximum atomic E-state index is 11.9. The first-order valence-electron chi connectivity index (χ1n) is 5.48. The molecule has 5 nitrogen and oxygen atoms in total. The summed E-state index contributed by atoms with van der Waals surface area (Å²) in [6.45, 7) is 4.80. The highest BCUT2D eigenvalue weighted by Crippen LogP contribution is 2.19. The molecule has 1 saturated heterocycles. The molecule has 5 heteroatoms. The molecule has 1 aromatic heterocycles. The van der Waals surface area contributed by atoms with Crippen molar-refractivity contribution in [3.63, 3.8) is 0 Å². The van der Waals surface area contributed by atoms with E-state index in [0.717, 1.165) is 6.42 Å². The van der Waals surface area contributed by atoms with Gasteiger partial charge in [0, 0.05) is 19.2 Å². The normalized spacial score (nSPS) is 25.8. The van der Waals surface area contributed by atoms with Crippen LogP contribution in [0.5, 0.6) is 0 Å². The van der Waals surface area contributed by atoms with E-state index in [9.17, 15) is 9.90 Å². The topological polar surface area (TPSA) is 66.6 Å². The van der Waals surface area contributed by atoms with Crippen LogP contribution in [0.2, 0.25) is 0 Å². The predicted octanol–water partition coefficient (Wildman–Crippen LogP) is 0.826. The minimum absolute atomic E-state index is 0.188. The molecule has 1 amide bonds. The van der Waals surface area contributed by atoms with Gasteiger partial charge in [-0.25, -0.2) is 0 Å². The van der Waals surface area contributed by atoms with Crippen molar-refractivity contribution < 1.29 is 14.4 Å². The number of aryl methyl sites for hydroxylation is 1. The van der Waals surface area contributed by atoms with Gasteiger partial charge >= 0.3 is 0 Å². The molecule has 16 heavy (non-hydrogen) atoms. The van der Waals surface area contributed by atoms with Crippen LogP contribution >= 0.6 is 0 Å². The standard InChI is InChI=1S/C11H16N2O3/c1-7-3-4-13(6-9(7)14)11(15)10-5-8(2)12-16-10/h5,7,9,14H,3-4,6H2,1-2H3. The lowest BCUT2D eigenvalue weighted by atomic mass is 9.96. The molecular formula is C11H16N2O3. The second-order valence-corrected chi connectivity index (χ2v) is 4.42. The predicted molar refractivity (Wildman–Crippen MR) is 56.9 cm³/mol. The van der Waals surface area contributed by atoms with E-state index in [1.54, 1.807) is 17.9 Å². The maximum Gasteiger partial charge on any atom is 0.292 e. The highest BCUT2D eigenvalue weighted by molar-refractivity contribution is 5.91. The molecule has 0 spiro atoms. The van der Waals surface area contributed by atoms with E-state index in [1.165, 1.54) is 0 Å².